The van der Waals surface area contributed by atoms with Crippen LogP contribution in [0.25, 0.3) is 0 Å². The van der Waals surface area contributed by atoms with Crippen LogP contribution in [0.1, 0.15) is 10.4 Å². The van der Waals surface area contributed by atoms with E-state index in [1.165, 1.54) is 18.3 Å². The number of carbonyl (C=O) groups is 2. The standard InChI is InChI=1S/C19H14ClN3O5/c20-13-3-1-12(2-4-13)18(26)21-14-5-7-15(8-6-14)28-17(25)11-23-10-9-16(24)22-19(23)27/h1-10H,11H2,(H,21,26)(H,22,24,27). The van der Waals surface area contributed by atoms with Crippen LogP contribution in [0.15, 0.2) is 70.4 Å². The third-order valence-corrected chi connectivity index (χ3v) is 3.90. The number of anilines is 1. The Morgan fingerprint density at radius 1 is 1.00 bits per heavy atom. The summed E-state index contributed by atoms with van der Waals surface area (Å²) in [6, 6.07) is 13.7. The predicted octanol–water partition coefficient (Wildman–Crippen LogP) is 2.05. The maximum Gasteiger partial charge on any atom is 0.331 e. The van der Waals surface area contributed by atoms with Gasteiger partial charge in [-0.15, -0.1) is 0 Å². The lowest BCUT2D eigenvalue weighted by Gasteiger charge is -2.08. The van der Waals surface area contributed by atoms with Crippen molar-refractivity contribution in [2.75, 3.05) is 5.32 Å². The lowest BCUT2D eigenvalue weighted by Crippen LogP contribution is -2.32. The normalized spacial score (nSPS) is 10.3. The summed E-state index contributed by atoms with van der Waals surface area (Å²) in [4.78, 5) is 48.7. The fourth-order valence-electron chi connectivity index (χ4n) is 2.28. The largest absolute Gasteiger partial charge is 0.425 e. The zero-order valence-electron chi connectivity index (χ0n) is 14.3. The van der Waals surface area contributed by atoms with Crippen LogP contribution in [0.5, 0.6) is 5.75 Å². The zero-order valence-corrected chi connectivity index (χ0v) is 15.1. The second-order valence-corrected chi connectivity index (χ2v) is 6.13. The molecule has 1 heterocycles. The van der Waals surface area contributed by atoms with Crippen molar-refractivity contribution in [2.24, 2.45) is 0 Å². The summed E-state index contributed by atoms with van der Waals surface area (Å²) in [6.45, 7) is -0.356. The van der Waals surface area contributed by atoms with Crippen LogP contribution in [-0.4, -0.2) is 21.4 Å². The van der Waals surface area contributed by atoms with Crippen LogP contribution in [0.4, 0.5) is 5.69 Å². The number of aromatic nitrogens is 2. The molecule has 1 amide bonds. The first kappa shape index (κ1) is 19.1. The number of nitrogens with one attached hydrogen (secondary N) is 2. The molecule has 142 valence electrons. The molecule has 3 rings (SSSR count). The maximum atomic E-state index is 12.2. The van der Waals surface area contributed by atoms with Gasteiger partial charge in [0.1, 0.15) is 12.3 Å². The number of rotatable bonds is 5. The minimum atomic E-state index is -0.704. The Bertz CT molecular complexity index is 1120. The van der Waals surface area contributed by atoms with Gasteiger partial charge in [0.15, 0.2) is 0 Å². The lowest BCUT2D eigenvalue weighted by atomic mass is 10.2. The third kappa shape index (κ3) is 4.95. The van der Waals surface area contributed by atoms with Gasteiger partial charge in [-0.3, -0.25) is 19.1 Å². The maximum absolute atomic E-state index is 12.2. The summed E-state index contributed by atoms with van der Waals surface area (Å²) in [6.07, 6.45) is 1.21. The van der Waals surface area contributed by atoms with Crippen molar-refractivity contribution in [2.45, 2.75) is 6.54 Å². The van der Waals surface area contributed by atoms with Gasteiger partial charge in [-0.25, -0.2) is 9.59 Å². The number of benzene rings is 2. The zero-order chi connectivity index (χ0) is 20.1. The van der Waals surface area contributed by atoms with Gasteiger partial charge in [-0.05, 0) is 48.5 Å². The smallest absolute Gasteiger partial charge is 0.331 e. The summed E-state index contributed by atoms with van der Waals surface area (Å²) in [5.74, 6) is -0.752. The average molecular weight is 400 g/mol. The molecule has 28 heavy (non-hydrogen) atoms. The number of aromatic amines is 1. The molecule has 2 N–H and O–H groups in total. The number of carbonyl (C=O) groups excluding carboxylic acids is 2. The second-order valence-electron chi connectivity index (χ2n) is 5.70. The Kier molecular flexibility index (Phi) is 5.71. The number of H-pyrrole nitrogens is 1. The molecule has 0 spiro atoms. The number of esters is 1. The van der Waals surface area contributed by atoms with Crippen molar-refractivity contribution in [1.29, 1.82) is 0 Å². The molecule has 1 aromatic heterocycles. The van der Waals surface area contributed by atoms with Gasteiger partial charge < -0.3 is 10.1 Å². The summed E-state index contributed by atoms with van der Waals surface area (Å²) < 4.78 is 6.16. The van der Waals surface area contributed by atoms with E-state index in [4.69, 9.17) is 16.3 Å². The molecule has 0 unspecified atom stereocenters. The third-order valence-electron chi connectivity index (χ3n) is 3.65. The summed E-state index contributed by atoms with van der Waals surface area (Å²) in [5, 5.41) is 3.24. The van der Waals surface area contributed by atoms with Crippen molar-refractivity contribution < 1.29 is 14.3 Å². The highest BCUT2D eigenvalue weighted by Crippen LogP contribution is 2.17. The fraction of sp³-hybridized carbons (Fsp3) is 0.0526. The molecule has 3 aromatic rings. The van der Waals surface area contributed by atoms with Gasteiger partial charge in [0, 0.05) is 28.5 Å². The van der Waals surface area contributed by atoms with Crippen LogP contribution >= 0.6 is 11.6 Å². The van der Waals surface area contributed by atoms with Gasteiger partial charge >= 0.3 is 11.7 Å². The highest BCUT2D eigenvalue weighted by Gasteiger charge is 2.09. The first-order valence-corrected chi connectivity index (χ1v) is 8.46. The molecule has 0 aliphatic carbocycles. The molecule has 8 nitrogen and oxygen atoms in total. The number of amides is 1. The summed E-state index contributed by atoms with van der Waals surface area (Å²) in [5.41, 5.74) is -0.293. The van der Waals surface area contributed by atoms with Gasteiger partial charge in [0.05, 0.1) is 0 Å². The van der Waals surface area contributed by atoms with Crippen LogP contribution in [0, 0.1) is 0 Å². The number of halogens is 1. The van der Waals surface area contributed by atoms with Gasteiger partial charge in [0.25, 0.3) is 11.5 Å². The lowest BCUT2D eigenvalue weighted by molar-refractivity contribution is -0.135. The van der Waals surface area contributed by atoms with E-state index in [1.54, 1.807) is 36.4 Å². The minimum absolute atomic E-state index is 0.243. The molecule has 0 aliphatic heterocycles. The Balaban J connectivity index is 1.60. The molecule has 0 aliphatic rings. The molecule has 0 fully saturated rings. The molecule has 0 radical (unpaired) electrons. The van der Waals surface area contributed by atoms with E-state index >= 15 is 0 Å². The SMILES string of the molecule is O=C(Cn1ccc(=O)[nH]c1=O)Oc1ccc(NC(=O)c2ccc(Cl)cc2)cc1. The molecule has 0 saturated carbocycles. The Morgan fingerprint density at radius 3 is 2.32 bits per heavy atom. The molecular formula is C19H14ClN3O5. The highest BCUT2D eigenvalue weighted by molar-refractivity contribution is 6.30. The minimum Gasteiger partial charge on any atom is -0.425 e. The van der Waals surface area contributed by atoms with Crippen LogP contribution in [0.3, 0.4) is 0 Å². The first-order valence-electron chi connectivity index (χ1n) is 8.08. The van der Waals surface area contributed by atoms with E-state index < -0.39 is 17.2 Å². The molecular weight excluding hydrogens is 386 g/mol. The van der Waals surface area contributed by atoms with E-state index in [-0.39, 0.29) is 18.2 Å². The first-order chi connectivity index (χ1) is 13.4. The monoisotopic (exact) mass is 399 g/mol. The van der Waals surface area contributed by atoms with Gasteiger partial charge in [-0.2, -0.15) is 0 Å². The van der Waals surface area contributed by atoms with Crippen LogP contribution in [0.2, 0.25) is 5.02 Å². The molecule has 0 atom stereocenters. The number of hydrogen-bond acceptors (Lipinski definition) is 5. The predicted molar refractivity (Wildman–Crippen MR) is 103 cm³/mol. The number of hydrogen-bond donors (Lipinski definition) is 2. The summed E-state index contributed by atoms with van der Waals surface area (Å²) in [7, 11) is 0. The second kappa shape index (κ2) is 8.36. The fourth-order valence-corrected chi connectivity index (χ4v) is 2.41. The highest BCUT2D eigenvalue weighted by atomic mass is 35.5. The summed E-state index contributed by atoms with van der Waals surface area (Å²) >= 11 is 5.79. The molecule has 0 bridgehead atoms. The molecule has 9 heteroatoms. The van der Waals surface area contributed by atoms with Gasteiger partial charge in [-0.1, -0.05) is 11.6 Å². The van der Waals surface area contributed by atoms with Crippen LogP contribution in [-0.2, 0) is 11.3 Å². The van der Waals surface area contributed by atoms with Gasteiger partial charge in [0.2, 0.25) is 0 Å². The van der Waals surface area contributed by atoms with E-state index in [0.29, 0.717) is 16.3 Å². The Morgan fingerprint density at radius 2 is 1.68 bits per heavy atom. The van der Waals surface area contributed by atoms with E-state index in [2.05, 4.69) is 5.32 Å². The van der Waals surface area contributed by atoms with Crippen molar-refractivity contribution in [1.82, 2.24) is 9.55 Å². The van der Waals surface area contributed by atoms with Crippen molar-refractivity contribution in [3.05, 3.63) is 92.2 Å². The van der Waals surface area contributed by atoms with E-state index in [0.717, 1.165) is 10.6 Å². The quantitative estimate of drug-likeness (QED) is 0.504. The Hall–Kier alpha value is -3.65. The number of ether oxygens (including phenoxy) is 1. The molecule has 0 saturated heterocycles. The van der Waals surface area contributed by atoms with E-state index in [9.17, 15) is 19.2 Å². The average Bonchev–Trinajstić information content (AvgIpc) is 2.66. The van der Waals surface area contributed by atoms with Crippen LogP contribution < -0.4 is 21.3 Å². The Labute approximate surface area is 163 Å². The van der Waals surface area contributed by atoms with Crippen molar-refractivity contribution in [3.63, 3.8) is 0 Å². The topological polar surface area (TPSA) is 110 Å². The van der Waals surface area contributed by atoms with E-state index in [1.807, 2.05) is 4.98 Å². The molecule has 2 aromatic carbocycles. The van der Waals surface area contributed by atoms with Crippen molar-refractivity contribution >= 4 is 29.2 Å². The van der Waals surface area contributed by atoms with Crippen molar-refractivity contribution in [3.8, 4) is 5.75 Å². The number of nitrogens with zero attached hydrogens (tertiary/aromatic N) is 1.